The number of hydrogen-bond acceptors (Lipinski definition) is 13. The van der Waals surface area contributed by atoms with E-state index in [1.165, 1.54) is 122 Å². The van der Waals surface area contributed by atoms with E-state index >= 15 is 0 Å². The van der Waals surface area contributed by atoms with Crippen molar-refractivity contribution in [3.63, 3.8) is 0 Å². The fraction of sp³-hybridized carbons (Fsp3) is 0.769. The molecule has 456 valence electrons. The topological polar surface area (TPSA) is 228 Å². The number of nitrogens with one attached hydrogen (secondary N) is 1. The Morgan fingerprint density at radius 1 is 0.468 bits per heavy atom. The number of hydrogen-bond donors (Lipinski definition) is 9. The van der Waals surface area contributed by atoms with Gasteiger partial charge in [0.2, 0.25) is 5.91 Å². The Balaban J connectivity index is 1.76. The molecule has 0 aliphatic carbocycles. The van der Waals surface area contributed by atoms with Gasteiger partial charge < -0.3 is 65.1 Å². The van der Waals surface area contributed by atoms with Gasteiger partial charge in [0.15, 0.2) is 12.6 Å². The molecule has 14 heteroatoms. The molecular formula is C65H113NO13. The van der Waals surface area contributed by atoms with Gasteiger partial charge in [-0.2, -0.15) is 0 Å². The first-order valence-electron chi connectivity index (χ1n) is 31.3. The molecule has 12 unspecified atom stereocenters. The van der Waals surface area contributed by atoms with Crippen LogP contribution in [0.3, 0.4) is 0 Å². The Labute approximate surface area is 478 Å². The fourth-order valence-corrected chi connectivity index (χ4v) is 9.80. The quantitative estimate of drug-likeness (QED) is 0.0204. The predicted molar refractivity (Wildman–Crippen MR) is 318 cm³/mol. The second-order valence-electron chi connectivity index (χ2n) is 21.8. The molecule has 0 radical (unpaired) electrons. The lowest BCUT2D eigenvalue weighted by atomic mass is 9.97. The Bertz CT molecular complexity index is 1650. The van der Waals surface area contributed by atoms with Crippen LogP contribution in [0, 0.1) is 0 Å². The average molecular weight is 1120 g/mol. The van der Waals surface area contributed by atoms with Crippen molar-refractivity contribution < 1.29 is 64.6 Å². The summed E-state index contributed by atoms with van der Waals surface area (Å²) in [5, 5.41) is 87.2. The van der Waals surface area contributed by atoms with Gasteiger partial charge in [-0.3, -0.25) is 4.79 Å². The summed E-state index contributed by atoms with van der Waals surface area (Å²) in [6.45, 7) is 2.67. The summed E-state index contributed by atoms with van der Waals surface area (Å²) in [7, 11) is 0. The Kier molecular flexibility index (Phi) is 45.5. The first kappa shape index (κ1) is 72.3. The van der Waals surface area contributed by atoms with Crippen LogP contribution in [0.15, 0.2) is 85.1 Å². The van der Waals surface area contributed by atoms with E-state index in [2.05, 4.69) is 92.1 Å². The molecule has 0 saturated carbocycles. The van der Waals surface area contributed by atoms with Crippen LogP contribution in [-0.2, 0) is 23.7 Å². The van der Waals surface area contributed by atoms with E-state index < -0.39 is 86.8 Å². The number of aliphatic hydroxyl groups is 8. The van der Waals surface area contributed by atoms with Gasteiger partial charge >= 0.3 is 0 Å². The van der Waals surface area contributed by atoms with Crippen molar-refractivity contribution in [2.75, 3.05) is 19.8 Å². The van der Waals surface area contributed by atoms with E-state index in [0.717, 1.165) is 70.6 Å². The number of ether oxygens (including phenoxy) is 4. The Hall–Kier alpha value is -2.83. The molecule has 2 fully saturated rings. The van der Waals surface area contributed by atoms with Crippen molar-refractivity contribution in [1.82, 2.24) is 5.32 Å². The highest BCUT2D eigenvalue weighted by molar-refractivity contribution is 5.76. The molecule has 12 atom stereocenters. The van der Waals surface area contributed by atoms with Gasteiger partial charge in [-0.05, 0) is 77.0 Å². The number of carbonyl (C=O) groups excluding carboxylic acids is 1. The summed E-state index contributed by atoms with van der Waals surface area (Å²) in [4.78, 5) is 13.3. The van der Waals surface area contributed by atoms with Gasteiger partial charge in [0.05, 0.1) is 32.0 Å². The second kappa shape index (κ2) is 49.8. The van der Waals surface area contributed by atoms with Crippen molar-refractivity contribution in [3.8, 4) is 0 Å². The number of unbranched alkanes of at least 4 members (excludes halogenated alkanes) is 24. The fourth-order valence-electron chi connectivity index (χ4n) is 9.80. The molecule has 2 aliphatic rings. The van der Waals surface area contributed by atoms with Crippen molar-refractivity contribution in [2.24, 2.45) is 0 Å². The van der Waals surface area contributed by atoms with Crippen molar-refractivity contribution >= 4 is 5.91 Å². The van der Waals surface area contributed by atoms with Crippen molar-refractivity contribution in [2.45, 2.75) is 299 Å². The van der Waals surface area contributed by atoms with Crippen molar-refractivity contribution in [1.29, 1.82) is 0 Å². The smallest absolute Gasteiger partial charge is 0.220 e. The molecule has 2 aliphatic heterocycles. The minimum atomic E-state index is -1.80. The highest BCUT2D eigenvalue weighted by Crippen LogP contribution is 2.30. The minimum absolute atomic E-state index is 0.258. The van der Waals surface area contributed by atoms with E-state index in [4.69, 9.17) is 18.9 Å². The van der Waals surface area contributed by atoms with E-state index in [1.807, 2.05) is 6.08 Å². The zero-order chi connectivity index (χ0) is 57.4. The van der Waals surface area contributed by atoms with Crippen LogP contribution in [-0.4, -0.2) is 140 Å². The molecule has 0 aromatic rings. The highest BCUT2D eigenvalue weighted by Gasteiger charge is 2.51. The van der Waals surface area contributed by atoms with Crippen molar-refractivity contribution in [3.05, 3.63) is 85.1 Å². The van der Waals surface area contributed by atoms with Crippen LogP contribution in [0.2, 0.25) is 0 Å². The molecule has 2 rings (SSSR count). The van der Waals surface area contributed by atoms with Gasteiger partial charge in [0.1, 0.15) is 48.8 Å². The number of rotatable bonds is 49. The summed E-state index contributed by atoms with van der Waals surface area (Å²) < 4.78 is 22.8. The third kappa shape index (κ3) is 35.0. The van der Waals surface area contributed by atoms with E-state index in [-0.39, 0.29) is 18.9 Å². The van der Waals surface area contributed by atoms with E-state index in [0.29, 0.717) is 12.8 Å². The van der Waals surface area contributed by atoms with Crippen LogP contribution in [0.5, 0.6) is 0 Å². The molecule has 79 heavy (non-hydrogen) atoms. The minimum Gasteiger partial charge on any atom is -0.394 e. The summed E-state index contributed by atoms with van der Waals surface area (Å²) in [6.07, 6.45) is 50.4. The summed E-state index contributed by atoms with van der Waals surface area (Å²) >= 11 is 0. The molecule has 0 aromatic heterocycles. The third-order valence-corrected chi connectivity index (χ3v) is 14.8. The number of aliphatic hydroxyl groups excluding tert-OH is 8. The maximum Gasteiger partial charge on any atom is 0.220 e. The number of carbonyl (C=O) groups is 1. The maximum atomic E-state index is 13.3. The van der Waals surface area contributed by atoms with Gasteiger partial charge in [-0.25, -0.2) is 0 Å². The lowest BCUT2D eigenvalue weighted by Gasteiger charge is -2.46. The standard InChI is InChI=1S/C65H113NO13/c1-3-5-7-9-11-13-15-17-19-21-23-25-26-27-28-29-31-33-35-37-39-41-43-45-47-49-57(70)66-53(54(69)48-46-44-42-40-38-36-34-32-30-24-22-20-18-16-14-12-10-8-6-4-2)52-76-64-62(75)60(73)63(56(51-68)78-64)79-65-61(74)59(72)58(71)55(50-67)77-65/h5,7,11,13,17,19,23,25,27-28,38,40,46,48,53-56,58-65,67-69,71-75H,3-4,6,8-10,12,14-16,18,20-22,24,26,29-37,39,41-45,47,49-52H2,1-2H3,(H,66,70)/b7-5-,13-11-,19-17-,25-23-,28-27-,40-38+,48-46+. The molecule has 2 heterocycles. The predicted octanol–water partition coefficient (Wildman–Crippen LogP) is 11.3. The van der Waals surface area contributed by atoms with Crippen LogP contribution in [0.25, 0.3) is 0 Å². The summed E-state index contributed by atoms with van der Waals surface area (Å²) in [5.74, 6) is -0.258. The summed E-state index contributed by atoms with van der Waals surface area (Å²) in [5.41, 5.74) is 0. The second-order valence-corrected chi connectivity index (χ2v) is 21.8. The molecule has 0 spiro atoms. The average Bonchev–Trinajstić information content (AvgIpc) is 3.47. The Morgan fingerprint density at radius 2 is 0.886 bits per heavy atom. The first-order chi connectivity index (χ1) is 38.6. The molecule has 1 amide bonds. The number of amides is 1. The van der Waals surface area contributed by atoms with Crippen LogP contribution >= 0.6 is 0 Å². The molecule has 9 N–H and O–H groups in total. The lowest BCUT2D eigenvalue weighted by molar-refractivity contribution is -0.359. The zero-order valence-corrected chi connectivity index (χ0v) is 49.1. The molecule has 2 saturated heterocycles. The zero-order valence-electron chi connectivity index (χ0n) is 49.1. The van der Waals surface area contributed by atoms with Gasteiger partial charge in [-0.1, -0.05) is 227 Å². The summed E-state index contributed by atoms with van der Waals surface area (Å²) in [6, 6.07) is -0.941. The van der Waals surface area contributed by atoms with Crippen LogP contribution in [0.1, 0.15) is 226 Å². The lowest BCUT2D eigenvalue weighted by Crippen LogP contribution is -2.65. The van der Waals surface area contributed by atoms with E-state index in [1.54, 1.807) is 6.08 Å². The van der Waals surface area contributed by atoms with Gasteiger partial charge in [-0.15, -0.1) is 0 Å². The van der Waals surface area contributed by atoms with Gasteiger partial charge in [0.25, 0.3) is 0 Å². The number of allylic oxidation sites excluding steroid dienone is 13. The SMILES string of the molecule is CC/C=C\C/C=C\C/C=C\C/C=C\C/C=C\CCCCCCCCCCCC(=O)NC(COC1OC(CO)C(OC2OC(CO)C(O)C(O)C2O)C(O)C1O)C(O)/C=C/CC/C=C/CCCCCCCCCCCCCCCC. The molecule has 0 aromatic carbocycles. The van der Waals surface area contributed by atoms with Gasteiger partial charge in [0, 0.05) is 6.42 Å². The molecule has 14 nitrogen and oxygen atoms in total. The van der Waals surface area contributed by atoms with Crippen LogP contribution < -0.4 is 5.32 Å². The largest absolute Gasteiger partial charge is 0.394 e. The first-order valence-corrected chi connectivity index (χ1v) is 31.3. The molecule has 0 bridgehead atoms. The van der Waals surface area contributed by atoms with Crippen LogP contribution in [0.4, 0.5) is 0 Å². The maximum absolute atomic E-state index is 13.3. The Morgan fingerprint density at radius 3 is 1.39 bits per heavy atom. The third-order valence-electron chi connectivity index (χ3n) is 14.8. The monoisotopic (exact) mass is 1120 g/mol. The molecular weight excluding hydrogens is 1000 g/mol. The highest BCUT2D eigenvalue weighted by atomic mass is 16.7. The normalized spacial score (nSPS) is 25.0. The van der Waals surface area contributed by atoms with E-state index in [9.17, 15) is 45.6 Å².